The maximum Gasteiger partial charge on any atom is 0.0541 e. The molecule has 0 spiro atoms. The predicted molar refractivity (Wildman–Crippen MR) is 297 cm³/mol. The minimum absolute atomic E-state index is 0.382. The van der Waals surface area contributed by atoms with Crippen LogP contribution in [0.2, 0.25) is 0 Å². The summed E-state index contributed by atoms with van der Waals surface area (Å²) in [6.45, 7) is 0. The van der Waals surface area contributed by atoms with E-state index in [9.17, 15) is 0 Å². The molecule has 2 atom stereocenters. The Kier molecular flexibility index (Phi) is 10.4. The predicted octanol–water partition coefficient (Wildman–Crippen LogP) is 18.4. The lowest BCUT2D eigenvalue weighted by molar-refractivity contribution is 0.678. The average Bonchev–Trinajstić information content (AvgIpc) is 3.77. The fourth-order valence-corrected chi connectivity index (χ4v) is 10.8. The van der Waals surface area contributed by atoms with E-state index in [0.717, 1.165) is 22.7 Å². The summed E-state index contributed by atoms with van der Waals surface area (Å²) >= 11 is 0. The Morgan fingerprint density at radius 2 is 0.829 bits per heavy atom. The highest BCUT2D eigenvalue weighted by atomic mass is 15.1. The van der Waals surface area contributed by atoms with Crippen LogP contribution in [0.15, 0.2) is 279 Å². The molecule has 2 nitrogen and oxygen atoms in total. The number of para-hydroxylation sites is 1. The third-order valence-electron chi connectivity index (χ3n) is 14.4. The molecule has 0 N–H and O–H groups in total. The molecule has 0 bridgehead atoms. The number of allylic oxidation sites excluding steroid dienone is 8. The van der Waals surface area contributed by atoms with Crippen LogP contribution in [-0.2, 0) is 0 Å². The van der Waals surface area contributed by atoms with E-state index in [1.54, 1.807) is 0 Å². The zero-order valence-corrected chi connectivity index (χ0v) is 38.6. The topological polar surface area (TPSA) is 8.17 Å². The van der Waals surface area contributed by atoms with Crippen LogP contribution in [-0.4, -0.2) is 4.57 Å². The number of benzene rings is 10. The van der Waals surface area contributed by atoms with Gasteiger partial charge in [0.25, 0.3) is 0 Å². The average molecular weight is 893 g/mol. The summed E-state index contributed by atoms with van der Waals surface area (Å²) in [4.78, 5) is 2.37. The lowest BCUT2D eigenvalue weighted by Gasteiger charge is -2.27. The molecule has 13 rings (SSSR count). The number of anilines is 3. The van der Waals surface area contributed by atoms with Crippen LogP contribution in [0.25, 0.3) is 88.3 Å². The van der Waals surface area contributed by atoms with Crippen molar-refractivity contribution in [1.82, 2.24) is 4.57 Å². The Morgan fingerprint density at radius 1 is 0.329 bits per heavy atom. The number of rotatable bonds is 9. The number of nitrogens with zero attached hydrogens (tertiary/aromatic N) is 2. The van der Waals surface area contributed by atoms with Crippen molar-refractivity contribution in [3.8, 4) is 50.2 Å². The minimum atomic E-state index is 0.382. The first-order chi connectivity index (χ1) is 34.7. The number of fused-ring (bicyclic) bond motifs is 5. The fraction of sp³-hybridized carbons (Fsp3) is 0.0294. The smallest absolute Gasteiger partial charge is 0.0541 e. The van der Waals surface area contributed by atoms with Crippen LogP contribution in [0.5, 0.6) is 0 Å². The van der Waals surface area contributed by atoms with Crippen molar-refractivity contribution >= 4 is 55.2 Å². The first-order valence-corrected chi connectivity index (χ1v) is 24.3. The zero-order valence-electron chi connectivity index (χ0n) is 38.6. The molecule has 10 aromatic carbocycles. The number of hydrogen-bond donors (Lipinski definition) is 0. The molecule has 70 heavy (non-hydrogen) atoms. The second kappa shape index (κ2) is 17.6. The largest absolute Gasteiger partial charge is 0.311 e. The van der Waals surface area contributed by atoms with E-state index in [0.29, 0.717) is 11.8 Å². The monoisotopic (exact) mass is 892 g/mol. The van der Waals surface area contributed by atoms with Gasteiger partial charge in [-0.05, 0) is 133 Å². The van der Waals surface area contributed by atoms with Crippen molar-refractivity contribution in [2.75, 3.05) is 4.90 Å². The van der Waals surface area contributed by atoms with Gasteiger partial charge in [0.15, 0.2) is 0 Å². The highest BCUT2D eigenvalue weighted by Crippen LogP contribution is 2.42. The van der Waals surface area contributed by atoms with Gasteiger partial charge >= 0.3 is 0 Å². The van der Waals surface area contributed by atoms with Gasteiger partial charge in [-0.15, -0.1) is 0 Å². The molecule has 1 aromatic heterocycles. The fourth-order valence-electron chi connectivity index (χ4n) is 10.8. The van der Waals surface area contributed by atoms with Gasteiger partial charge in [-0.3, -0.25) is 0 Å². The lowest BCUT2D eigenvalue weighted by atomic mass is 9.77. The van der Waals surface area contributed by atoms with E-state index in [1.807, 2.05) is 0 Å². The summed E-state index contributed by atoms with van der Waals surface area (Å²) in [7, 11) is 0. The van der Waals surface area contributed by atoms with Crippen LogP contribution >= 0.6 is 0 Å². The van der Waals surface area contributed by atoms with Crippen LogP contribution in [0.4, 0.5) is 17.1 Å². The van der Waals surface area contributed by atoms with E-state index in [4.69, 9.17) is 0 Å². The molecular formula is C68H48N2. The molecule has 2 unspecified atom stereocenters. The van der Waals surface area contributed by atoms with Gasteiger partial charge in [-0.25, -0.2) is 0 Å². The van der Waals surface area contributed by atoms with Gasteiger partial charge in [-0.2, -0.15) is 0 Å². The summed E-state index contributed by atoms with van der Waals surface area (Å²) in [6.07, 6.45) is 15.7. The van der Waals surface area contributed by atoms with Crippen molar-refractivity contribution in [3.63, 3.8) is 0 Å². The minimum Gasteiger partial charge on any atom is -0.311 e. The molecule has 11 aromatic rings. The van der Waals surface area contributed by atoms with E-state index < -0.39 is 0 Å². The van der Waals surface area contributed by atoms with E-state index in [1.165, 1.54) is 88.2 Å². The standard InChI is InChI=1S/C68H48N2/c1-2-12-47(13-3-1)49-30-41-60(42-31-49)70-67-23-9-8-20-65(67)66-46-56(36-45-68(66)70)51-32-39-58(40-33-51)69(59-43-34-55(35-44-59)64-22-11-17-53-15-5-7-19-62(53)64)57-37-28-50(29-38-57)48-24-26-54(27-25-48)63-21-10-16-52-14-4-6-18-61(52)63/h1-46,52,61H. The number of aromatic nitrogens is 1. The molecule has 2 aliphatic carbocycles. The molecular weight excluding hydrogens is 845 g/mol. The van der Waals surface area contributed by atoms with Gasteiger partial charge < -0.3 is 9.47 Å². The molecule has 0 saturated carbocycles. The molecule has 0 amide bonds. The summed E-state index contributed by atoms with van der Waals surface area (Å²) < 4.78 is 2.39. The summed E-state index contributed by atoms with van der Waals surface area (Å²) in [5.41, 5.74) is 19.1. The highest BCUT2D eigenvalue weighted by molar-refractivity contribution is 6.10. The van der Waals surface area contributed by atoms with Crippen molar-refractivity contribution in [1.29, 1.82) is 0 Å². The van der Waals surface area contributed by atoms with Gasteiger partial charge in [-0.1, -0.05) is 212 Å². The lowest BCUT2D eigenvalue weighted by Crippen LogP contribution is -2.14. The molecule has 330 valence electrons. The maximum absolute atomic E-state index is 2.39. The van der Waals surface area contributed by atoms with Crippen LogP contribution in [0, 0.1) is 11.8 Å². The number of hydrogen-bond acceptors (Lipinski definition) is 1. The summed E-state index contributed by atoms with van der Waals surface area (Å²) in [5, 5.41) is 4.98. The molecule has 2 heteroatoms. The summed E-state index contributed by atoms with van der Waals surface area (Å²) in [6, 6.07) is 86.6. The van der Waals surface area contributed by atoms with Crippen molar-refractivity contribution in [3.05, 3.63) is 285 Å². The Labute approximate surface area is 409 Å². The Bertz CT molecular complexity index is 3830. The van der Waals surface area contributed by atoms with E-state index >= 15 is 0 Å². The second-order valence-corrected chi connectivity index (χ2v) is 18.5. The quantitative estimate of drug-likeness (QED) is 0.140. The van der Waals surface area contributed by atoms with Crippen LogP contribution < -0.4 is 4.90 Å². The Balaban J connectivity index is 0.836. The Hall–Kier alpha value is -8.98. The molecule has 0 radical (unpaired) electrons. The normalized spacial score (nSPS) is 15.1. The molecule has 0 fully saturated rings. The molecule has 0 saturated heterocycles. The first kappa shape index (κ1) is 41.2. The van der Waals surface area contributed by atoms with E-state index in [2.05, 4.69) is 289 Å². The van der Waals surface area contributed by atoms with Crippen molar-refractivity contribution < 1.29 is 0 Å². The second-order valence-electron chi connectivity index (χ2n) is 18.5. The Morgan fingerprint density at radius 3 is 1.54 bits per heavy atom. The van der Waals surface area contributed by atoms with Crippen molar-refractivity contribution in [2.24, 2.45) is 11.8 Å². The van der Waals surface area contributed by atoms with Gasteiger partial charge in [0, 0.05) is 45.4 Å². The molecule has 2 aliphatic rings. The summed E-state index contributed by atoms with van der Waals surface area (Å²) in [5.74, 6) is 0.804. The van der Waals surface area contributed by atoms with Crippen LogP contribution in [0.3, 0.4) is 0 Å². The SMILES string of the molecule is C1=CC2C=CC=C(c3ccc(-c4ccc(N(c5ccc(-c6ccc7c(c6)c6ccccc6n7-c6ccc(-c7ccccc7)cc6)cc5)c5ccc(-c6cccc7ccccc67)cc5)cc4)cc3)C2C=C1. The van der Waals surface area contributed by atoms with Crippen LogP contribution in [0.1, 0.15) is 5.56 Å². The molecule has 1 heterocycles. The van der Waals surface area contributed by atoms with Gasteiger partial charge in [0.2, 0.25) is 0 Å². The van der Waals surface area contributed by atoms with E-state index in [-0.39, 0.29) is 0 Å². The van der Waals surface area contributed by atoms with Crippen molar-refractivity contribution in [2.45, 2.75) is 0 Å². The third kappa shape index (κ3) is 7.48. The first-order valence-electron chi connectivity index (χ1n) is 24.3. The third-order valence-corrected chi connectivity index (χ3v) is 14.4. The maximum atomic E-state index is 2.39. The highest BCUT2D eigenvalue weighted by Gasteiger charge is 2.24. The zero-order chi connectivity index (χ0) is 46.4. The molecule has 0 aliphatic heterocycles. The van der Waals surface area contributed by atoms with Gasteiger partial charge in [0.1, 0.15) is 0 Å². The van der Waals surface area contributed by atoms with Gasteiger partial charge in [0.05, 0.1) is 11.0 Å².